The van der Waals surface area contributed by atoms with Gasteiger partial charge in [-0.2, -0.15) is 5.10 Å². The number of aromatic nitrogens is 1. The molecule has 0 aliphatic carbocycles. The molecule has 6 heteroatoms. The van der Waals surface area contributed by atoms with Crippen LogP contribution in [0, 0.1) is 24.7 Å². The van der Waals surface area contributed by atoms with Gasteiger partial charge in [-0.25, -0.2) is 0 Å². The fourth-order valence-corrected chi connectivity index (χ4v) is 3.47. The number of anilines is 2. The normalized spacial score (nSPS) is 13.1. The summed E-state index contributed by atoms with van der Waals surface area (Å²) in [6.45, 7) is 25.5. The Morgan fingerprint density at radius 2 is 2.00 bits per heavy atom. The molecule has 0 aliphatic rings. The van der Waals surface area contributed by atoms with Crippen molar-refractivity contribution in [1.29, 1.82) is 0 Å². The van der Waals surface area contributed by atoms with Gasteiger partial charge in [-0.1, -0.05) is 58.6 Å². The van der Waals surface area contributed by atoms with Gasteiger partial charge in [0.25, 0.3) is 0 Å². The first-order valence-electron chi connectivity index (χ1n) is 12.2. The summed E-state index contributed by atoms with van der Waals surface area (Å²) in [5, 5.41) is 16.2. The zero-order chi connectivity index (χ0) is 27.3. The fraction of sp³-hybridized carbons (Fsp3) is 0.400. The van der Waals surface area contributed by atoms with Crippen LogP contribution in [0.4, 0.5) is 11.4 Å². The van der Waals surface area contributed by atoms with Crippen LogP contribution in [0.1, 0.15) is 53.2 Å². The van der Waals surface area contributed by atoms with E-state index in [0.717, 1.165) is 41.4 Å². The number of nitrogens with one attached hydrogen (secondary N) is 3. The van der Waals surface area contributed by atoms with Crippen LogP contribution in [0.25, 0.3) is 0 Å². The Labute approximate surface area is 219 Å². The van der Waals surface area contributed by atoms with Gasteiger partial charge < -0.3 is 16.0 Å². The predicted molar refractivity (Wildman–Crippen MR) is 158 cm³/mol. The van der Waals surface area contributed by atoms with Gasteiger partial charge in [-0.05, 0) is 51.2 Å². The van der Waals surface area contributed by atoms with Gasteiger partial charge >= 0.3 is 0 Å². The fourth-order valence-electron chi connectivity index (χ4n) is 3.47. The number of rotatable bonds is 14. The van der Waals surface area contributed by atoms with E-state index in [0.29, 0.717) is 17.7 Å². The lowest BCUT2D eigenvalue weighted by atomic mass is 9.91. The number of nitrogens with zero attached hydrogens (tertiary/aromatic N) is 3. The first-order chi connectivity index (χ1) is 16.9. The summed E-state index contributed by atoms with van der Waals surface area (Å²) in [7, 11) is 1.86. The van der Waals surface area contributed by atoms with E-state index < -0.39 is 0 Å². The van der Waals surface area contributed by atoms with Crippen LogP contribution in [0.2, 0.25) is 0 Å². The molecule has 0 radical (unpaired) electrons. The Hall–Kier alpha value is -3.72. The van der Waals surface area contributed by atoms with Crippen LogP contribution in [0.3, 0.4) is 0 Å². The largest absolute Gasteiger partial charge is 0.387 e. The lowest BCUT2D eigenvalue weighted by molar-refractivity contribution is 0.391. The molecule has 0 aliphatic heterocycles. The molecule has 0 aromatic carbocycles. The van der Waals surface area contributed by atoms with E-state index >= 15 is 0 Å². The second-order valence-corrected chi connectivity index (χ2v) is 10.1. The molecule has 1 atom stereocenters. The number of hydrazone groups is 1. The maximum atomic E-state index is 5.77. The van der Waals surface area contributed by atoms with Crippen molar-refractivity contribution in [1.82, 2.24) is 15.6 Å². The molecule has 1 rings (SSSR count). The Bertz CT molecular complexity index is 1050. The van der Waals surface area contributed by atoms with Crippen molar-refractivity contribution < 1.29 is 0 Å². The topological polar surface area (TPSA) is 64.6 Å². The molecule has 1 aromatic heterocycles. The highest BCUT2D eigenvalue weighted by molar-refractivity contribution is 5.72. The molecule has 0 fully saturated rings. The maximum Gasteiger partial charge on any atom is 0.0823 e. The first-order valence-corrected chi connectivity index (χ1v) is 12.2. The first kappa shape index (κ1) is 30.3. The second-order valence-electron chi connectivity index (χ2n) is 10.1. The molecule has 1 heterocycles. The van der Waals surface area contributed by atoms with Gasteiger partial charge in [0.15, 0.2) is 0 Å². The summed E-state index contributed by atoms with van der Waals surface area (Å²) in [4.78, 5) is 4.46. The number of aryl methyl sites for hydroxylation is 1. The van der Waals surface area contributed by atoms with Crippen molar-refractivity contribution in [2.45, 2.75) is 60.4 Å². The van der Waals surface area contributed by atoms with Gasteiger partial charge in [0.2, 0.25) is 0 Å². The molecule has 0 saturated carbocycles. The SMILES string of the molecule is C#C/C(=C/C/C=C(/C)NC[C@H](C)NC(=C)CC(C)(C)C)C(=C)Nc1cnc(C)c(N(C)/N=C\C=C)c1. The smallest absolute Gasteiger partial charge is 0.0823 e. The molecule has 0 unspecified atom stereocenters. The van der Waals surface area contributed by atoms with Crippen molar-refractivity contribution in [3.05, 3.63) is 78.6 Å². The Morgan fingerprint density at radius 1 is 1.31 bits per heavy atom. The highest BCUT2D eigenvalue weighted by atomic mass is 15.4. The van der Waals surface area contributed by atoms with E-state index in [1.807, 2.05) is 26.1 Å². The zero-order valence-electron chi connectivity index (χ0n) is 23.2. The van der Waals surface area contributed by atoms with Crippen LogP contribution >= 0.6 is 0 Å². The predicted octanol–water partition coefficient (Wildman–Crippen LogP) is 6.29. The molecular weight excluding hydrogens is 444 g/mol. The van der Waals surface area contributed by atoms with Crippen molar-refractivity contribution in [3.63, 3.8) is 0 Å². The lowest BCUT2D eigenvalue weighted by Crippen LogP contribution is -2.35. The van der Waals surface area contributed by atoms with Gasteiger partial charge in [-0.3, -0.25) is 9.99 Å². The van der Waals surface area contributed by atoms with E-state index in [9.17, 15) is 0 Å². The summed E-state index contributed by atoms with van der Waals surface area (Å²) in [5.74, 6) is 2.73. The molecule has 0 spiro atoms. The minimum absolute atomic E-state index is 0.224. The van der Waals surface area contributed by atoms with Gasteiger partial charge in [0.1, 0.15) is 0 Å². The number of hydrogen-bond acceptors (Lipinski definition) is 6. The second kappa shape index (κ2) is 14.6. The average Bonchev–Trinajstić information content (AvgIpc) is 2.78. The third kappa shape index (κ3) is 11.6. The number of hydrogen-bond donors (Lipinski definition) is 3. The van der Waals surface area contributed by atoms with Crippen molar-refractivity contribution >= 4 is 17.6 Å². The van der Waals surface area contributed by atoms with Gasteiger partial charge in [0, 0.05) is 48.5 Å². The monoisotopic (exact) mass is 488 g/mol. The van der Waals surface area contributed by atoms with E-state index in [1.54, 1.807) is 23.5 Å². The quantitative estimate of drug-likeness (QED) is 0.124. The van der Waals surface area contributed by atoms with Gasteiger partial charge in [0.05, 0.1) is 23.3 Å². The van der Waals surface area contributed by atoms with Crippen LogP contribution < -0.4 is 21.0 Å². The van der Waals surface area contributed by atoms with E-state index in [1.165, 1.54) is 0 Å². The van der Waals surface area contributed by atoms with Crippen LogP contribution in [0.5, 0.6) is 0 Å². The van der Waals surface area contributed by atoms with E-state index in [2.05, 4.69) is 92.4 Å². The van der Waals surface area contributed by atoms with Gasteiger partial charge in [-0.15, -0.1) is 6.42 Å². The number of terminal acetylenes is 1. The summed E-state index contributed by atoms with van der Waals surface area (Å²) in [6, 6.07) is 2.24. The Morgan fingerprint density at radius 3 is 2.61 bits per heavy atom. The molecule has 194 valence electrons. The highest BCUT2D eigenvalue weighted by Gasteiger charge is 2.13. The molecule has 1 aromatic rings. The average molecular weight is 489 g/mol. The molecule has 0 bridgehead atoms. The molecule has 36 heavy (non-hydrogen) atoms. The molecule has 3 N–H and O–H groups in total. The lowest BCUT2D eigenvalue weighted by Gasteiger charge is -2.24. The van der Waals surface area contributed by atoms with Crippen LogP contribution in [0.15, 0.2) is 78.0 Å². The number of pyridine rings is 1. The van der Waals surface area contributed by atoms with Crippen molar-refractivity contribution in [2.75, 3.05) is 23.9 Å². The number of allylic oxidation sites excluding steroid dienone is 6. The summed E-state index contributed by atoms with van der Waals surface area (Å²) >= 11 is 0. The maximum absolute atomic E-state index is 5.77. The van der Waals surface area contributed by atoms with Crippen molar-refractivity contribution in [3.8, 4) is 12.3 Å². The molecular formula is C30H44N6. The molecule has 0 saturated heterocycles. The summed E-state index contributed by atoms with van der Waals surface area (Å²) in [6.07, 6.45) is 16.5. The van der Waals surface area contributed by atoms with Crippen LogP contribution in [-0.2, 0) is 0 Å². The third-order valence-corrected chi connectivity index (χ3v) is 5.16. The zero-order valence-corrected chi connectivity index (χ0v) is 23.2. The Balaban J connectivity index is 2.69. The summed E-state index contributed by atoms with van der Waals surface area (Å²) < 4.78 is 0. The minimum atomic E-state index is 0.224. The minimum Gasteiger partial charge on any atom is -0.387 e. The third-order valence-electron chi connectivity index (χ3n) is 5.16. The molecule has 6 nitrogen and oxygen atoms in total. The van der Waals surface area contributed by atoms with E-state index in [-0.39, 0.29) is 11.5 Å². The molecule has 0 amide bonds. The van der Waals surface area contributed by atoms with E-state index in [4.69, 9.17) is 6.42 Å². The highest BCUT2D eigenvalue weighted by Crippen LogP contribution is 2.24. The van der Waals surface area contributed by atoms with Crippen LogP contribution in [-0.4, -0.2) is 30.8 Å². The Kier molecular flexibility index (Phi) is 12.3. The standard InChI is InChI=1S/C30H44N6/c1-12-17-33-36(11)29-18-28(21-32-26(29)7)35-25(6)27(13-2)16-14-15-22(3)31-20-24(5)34-23(4)19-30(8,9)10/h2,12,15-18,21,24,31,34-35H,1,4,6,14,19-20H2,3,5,7-11H3/b22-15-,27-16-,33-17-/t24-/m0/s1. The van der Waals surface area contributed by atoms with Crippen molar-refractivity contribution in [2.24, 2.45) is 10.5 Å². The summed E-state index contributed by atoms with van der Waals surface area (Å²) in [5.41, 5.74) is 6.23.